The maximum atomic E-state index is 12.3. The van der Waals surface area contributed by atoms with E-state index in [-0.39, 0.29) is 37.2 Å². The van der Waals surface area contributed by atoms with E-state index in [1.165, 1.54) is 22.1 Å². The van der Waals surface area contributed by atoms with E-state index in [0.717, 1.165) is 10.4 Å². The van der Waals surface area contributed by atoms with Crippen molar-refractivity contribution >= 4 is 22.4 Å². The second kappa shape index (κ2) is 10.4. The predicted molar refractivity (Wildman–Crippen MR) is 120 cm³/mol. The molecule has 164 valence electrons. The average molecular weight is 444 g/mol. The van der Waals surface area contributed by atoms with Gasteiger partial charge >= 0.3 is 0 Å². The molecule has 9 nitrogen and oxygen atoms in total. The first kappa shape index (κ1) is 22.8. The number of benzene rings is 1. The summed E-state index contributed by atoms with van der Waals surface area (Å²) in [6.45, 7) is 3.45. The molecule has 0 aliphatic rings. The van der Waals surface area contributed by atoms with Gasteiger partial charge in [-0.15, -0.1) is 0 Å². The third kappa shape index (κ3) is 5.82. The molecule has 1 unspecified atom stereocenters. The van der Waals surface area contributed by atoms with Crippen LogP contribution in [-0.4, -0.2) is 56.7 Å². The summed E-state index contributed by atoms with van der Waals surface area (Å²) < 4.78 is 1.42. The number of anilines is 1. The molecular formula is C21H25N5O4S. The Bertz CT molecular complexity index is 1080. The number of carbonyl (C=O) groups is 1. The molecule has 0 saturated carbocycles. The second-order valence-electron chi connectivity index (χ2n) is 7.17. The zero-order chi connectivity index (χ0) is 22.4. The number of aromatic nitrogens is 3. The molecule has 0 bridgehead atoms. The molecule has 0 aliphatic heterocycles. The number of rotatable bonds is 9. The van der Waals surface area contributed by atoms with Gasteiger partial charge in [0.2, 0.25) is 5.91 Å². The summed E-state index contributed by atoms with van der Waals surface area (Å²) in [5, 5.41) is 28.6. The van der Waals surface area contributed by atoms with Crippen LogP contribution in [0.25, 0.3) is 21.8 Å². The predicted octanol–water partition coefficient (Wildman–Crippen LogP) is 1.50. The van der Waals surface area contributed by atoms with Crippen molar-refractivity contribution < 1.29 is 15.0 Å². The first-order chi connectivity index (χ1) is 14.9. The van der Waals surface area contributed by atoms with Gasteiger partial charge in [-0.1, -0.05) is 41.7 Å². The lowest BCUT2D eigenvalue weighted by Crippen LogP contribution is -2.35. The first-order valence-electron chi connectivity index (χ1n) is 9.85. The minimum absolute atomic E-state index is 0.0386. The quantitative estimate of drug-likeness (QED) is 0.394. The Hall–Kier alpha value is -2.92. The summed E-state index contributed by atoms with van der Waals surface area (Å²) in [6, 6.07) is 12.6. The fourth-order valence-corrected chi connectivity index (χ4v) is 3.80. The maximum Gasteiger partial charge on any atom is 0.267 e. The van der Waals surface area contributed by atoms with Gasteiger partial charge in [0.25, 0.3) is 5.56 Å². The van der Waals surface area contributed by atoms with Crippen LogP contribution in [0.5, 0.6) is 0 Å². The minimum Gasteiger partial charge on any atom is -0.394 e. The maximum absolute atomic E-state index is 12.3. The van der Waals surface area contributed by atoms with Gasteiger partial charge in [-0.05, 0) is 19.9 Å². The van der Waals surface area contributed by atoms with Gasteiger partial charge in [-0.3, -0.25) is 9.59 Å². The SMILES string of the molecule is CC(C)n1nc(-c2sc(NC(=O)CNCC(O)CO)nc2-c2ccccc2)ccc1=O. The molecule has 3 aromatic rings. The fourth-order valence-electron chi connectivity index (χ4n) is 2.84. The Balaban J connectivity index is 1.90. The minimum atomic E-state index is -0.924. The highest BCUT2D eigenvalue weighted by molar-refractivity contribution is 7.19. The van der Waals surface area contributed by atoms with Gasteiger partial charge in [0.15, 0.2) is 5.13 Å². The Morgan fingerprint density at radius 1 is 1.19 bits per heavy atom. The molecule has 1 amide bonds. The largest absolute Gasteiger partial charge is 0.394 e. The summed E-state index contributed by atoms with van der Waals surface area (Å²) in [7, 11) is 0. The molecule has 0 radical (unpaired) electrons. The summed E-state index contributed by atoms with van der Waals surface area (Å²) in [5.74, 6) is -0.329. The number of hydrogen-bond acceptors (Lipinski definition) is 8. The molecule has 2 aromatic heterocycles. The third-order valence-corrected chi connectivity index (χ3v) is 5.34. The summed E-state index contributed by atoms with van der Waals surface area (Å²) in [5.41, 5.74) is 1.93. The van der Waals surface area contributed by atoms with Crippen molar-refractivity contribution in [3.05, 3.63) is 52.8 Å². The first-order valence-corrected chi connectivity index (χ1v) is 10.7. The number of hydrogen-bond donors (Lipinski definition) is 4. The van der Waals surface area contributed by atoms with Gasteiger partial charge in [0.1, 0.15) is 5.69 Å². The van der Waals surface area contributed by atoms with Crippen molar-refractivity contribution in [3.63, 3.8) is 0 Å². The standard InChI is InChI=1S/C21H25N5O4S/c1-13(2)26-18(30)9-8-16(25-26)20-19(14-6-4-3-5-7-14)24-21(31-20)23-17(29)11-22-10-15(28)12-27/h3-9,13,15,22,27-28H,10-12H2,1-2H3,(H,23,24,29). The Morgan fingerprint density at radius 3 is 2.61 bits per heavy atom. The van der Waals surface area contributed by atoms with Crippen LogP contribution in [0.15, 0.2) is 47.3 Å². The number of nitrogens with zero attached hydrogens (tertiary/aromatic N) is 3. The van der Waals surface area contributed by atoms with Crippen LogP contribution >= 0.6 is 11.3 Å². The monoisotopic (exact) mass is 443 g/mol. The Labute approximate surface area is 183 Å². The molecular weight excluding hydrogens is 418 g/mol. The molecule has 0 aliphatic carbocycles. The average Bonchev–Trinajstić information content (AvgIpc) is 3.18. The van der Waals surface area contributed by atoms with E-state index < -0.39 is 6.10 Å². The lowest BCUT2D eigenvalue weighted by atomic mass is 10.1. The van der Waals surface area contributed by atoms with E-state index in [2.05, 4.69) is 20.7 Å². The molecule has 0 spiro atoms. The number of aliphatic hydroxyl groups excluding tert-OH is 2. The summed E-state index contributed by atoms with van der Waals surface area (Å²) >= 11 is 1.27. The van der Waals surface area contributed by atoms with Crippen LogP contribution in [-0.2, 0) is 4.79 Å². The number of aliphatic hydroxyl groups is 2. The van der Waals surface area contributed by atoms with Crippen LogP contribution < -0.4 is 16.2 Å². The van der Waals surface area contributed by atoms with Gasteiger partial charge < -0.3 is 20.8 Å². The number of thiazole rings is 1. The fraction of sp³-hybridized carbons (Fsp3) is 0.333. The van der Waals surface area contributed by atoms with Gasteiger partial charge in [0, 0.05) is 18.2 Å². The Kier molecular flexibility index (Phi) is 7.64. The Morgan fingerprint density at radius 2 is 1.94 bits per heavy atom. The van der Waals surface area contributed by atoms with Crippen LogP contribution in [0, 0.1) is 0 Å². The molecule has 10 heteroatoms. The van der Waals surface area contributed by atoms with Gasteiger partial charge in [-0.25, -0.2) is 9.67 Å². The highest BCUT2D eigenvalue weighted by atomic mass is 32.1. The molecule has 1 aromatic carbocycles. The van der Waals surface area contributed by atoms with Crippen molar-refractivity contribution in [3.8, 4) is 21.8 Å². The number of amides is 1. The number of nitrogens with one attached hydrogen (secondary N) is 2. The van der Waals surface area contributed by atoms with Crippen LogP contribution in [0.1, 0.15) is 19.9 Å². The second-order valence-corrected chi connectivity index (χ2v) is 8.17. The normalized spacial score (nSPS) is 12.2. The topological polar surface area (TPSA) is 129 Å². The van der Waals surface area contributed by atoms with E-state index in [9.17, 15) is 14.7 Å². The summed E-state index contributed by atoms with van der Waals surface area (Å²) in [4.78, 5) is 29.7. The number of carbonyl (C=O) groups excluding carboxylic acids is 1. The zero-order valence-corrected chi connectivity index (χ0v) is 18.1. The van der Waals surface area contributed by atoms with Crippen LogP contribution in [0.4, 0.5) is 5.13 Å². The van der Waals surface area contributed by atoms with Crippen molar-refractivity contribution in [2.75, 3.05) is 25.0 Å². The van der Waals surface area contributed by atoms with Gasteiger partial charge in [0.05, 0.1) is 35.9 Å². The van der Waals surface area contributed by atoms with Crippen molar-refractivity contribution in [1.82, 2.24) is 20.1 Å². The van der Waals surface area contributed by atoms with Crippen molar-refractivity contribution in [2.24, 2.45) is 0 Å². The van der Waals surface area contributed by atoms with Crippen LogP contribution in [0.3, 0.4) is 0 Å². The smallest absolute Gasteiger partial charge is 0.267 e. The lowest BCUT2D eigenvalue weighted by Gasteiger charge is -2.09. The molecule has 0 fully saturated rings. The molecule has 31 heavy (non-hydrogen) atoms. The van der Waals surface area contributed by atoms with Crippen LogP contribution in [0.2, 0.25) is 0 Å². The molecule has 1 atom stereocenters. The van der Waals surface area contributed by atoms with Gasteiger partial charge in [-0.2, -0.15) is 5.10 Å². The molecule has 0 saturated heterocycles. The third-order valence-electron chi connectivity index (χ3n) is 4.34. The van der Waals surface area contributed by atoms with Crippen molar-refractivity contribution in [2.45, 2.75) is 26.0 Å². The summed E-state index contributed by atoms with van der Waals surface area (Å²) in [6.07, 6.45) is -0.924. The lowest BCUT2D eigenvalue weighted by molar-refractivity contribution is -0.115. The van der Waals surface area contributed by atoms with Crippen molar-refractivity contribution in [1.29, 1.82) is 0 Å². The highest BCUT2D eigenvalue weighted by Gasteiger charge is 2.18. The molecule has 2 heterocycles. The van der Waals surface area contributed by atoms with E-state index in [4.69, 9.17) is 5.11 Å². The molecule has 4 N–H and O–H groups in total. The van der Waals surface area contributed by atoms with E-state index in [1.54, 1.807) is 6.07 Å². The van der Waals surface area contributed by atoms with E-state index in [1.807, 2.05) is 44.2 Å². The molecule has 3 rings (SSSR count). The van der Waals surface area contributed by atoms with E-state index >= 15 is 0 Å². The zero-order valence-electron chi connectivity index (χ0n) is 17.3. The highest BCUT2D eigenvalue weighted by Crippen LogP contribution is 2.37. The van der Waals surface area contributed by atoms with E-state index in [0.29, 0.717) is 16.5 Å².